The van der Waals surface area contributed by atoms with E-state index in [-0.39, 0.29) is 12.2 Å². The van der Waals surface area contributed by atoms with E-state index in [2.05, 4.69) is 16.9 Å². The van der Waals surface area contributed by atoms with Crippen LogP contribution < -0.4 is 11.4 Å². The van der Waals surface area contributed by atoms with Gasteiger partial charge in [-0.15, -0.1) is 0 Å². The van der Waals surface area contributed by atoms with Crippen LogP contribution in [0.5, 0.6) is 0 Å². The fourth-order valence-electron chi connectivity index (χ4n) is 4.77. The summed E-state index contributed by atoms with van der Waals surface area (Å²) < 4.78 is 1.44. The zero-order valence-electron chi connectivity index (χ0n) is 21.8. The molecule has 6 nitrogen and oxygen atoms in total. The maximum atomic E-state index is 12.7. The van der Waals surface area contributed by atoms with Crippen LogP contribution in [0.4, 0.5) is 0 Å². The van der Waals surface area contributed by atoms with Gasteiger partial charge in [0.2, 0.25) is 0 Å². The van der Waals surface area contributed by atoms with Crippen LogP contribution in [0.2, 0.25) is 0 Å². The van der Waals surface area contributed by atoms with Gasteiger partial charge in [0.05, 0.1) is 12.1 Å². The summed E-state index contributed by atoms with van der Waals surface area (Å²) in [6.45, 7) is 2.53. The summed E-state index contributed by atoms with van der Waals surface area (Å²) in [4.78, 5) is 33.6. The Hall–Kier alpha value is -2.41. The van der Waals surface area contributed by atoms with E-state index in [1.165, 1.54) is 99.8 Å². The number of rotatable bonds is 18. The van der Waals surface area contributed by atoms with E-state index in [1.54, 1.807) is 0 Å². The molecule has 7 heteroatoms. The second kappa shape index (κ2) is 15.6. The smallest absolute Gasteiger partial charge is 0.352 e. The molecule has 0 atom stereocenters. The molecule has 0 unspecified atom stereocenters. The summed E-state index contributed by atoms with van der Waals surface area (Å²) in [6.07, 6.45) is 18.6. The molecule has 0 bridgehead atoms. The maximum Gasteiger partial charge on any atom is 0.352 e. The van der Waals surface area contributed by atoms with Gasteiger partial charge < -0.3 is 5.73 Å². The van der Waals surface area contributed by atoms with E-state index in [0.717, 1.165) is 23.3 Å². The first-order chi connectivity index (χ1) is 17.6. The largest absolute Gasteiger partial charge is 0.365 e. The first kappa shape index (κ1) is 28.2. The minimum Gasteiger partial charge on any atom is -0.365 e. The Morgan fingerprint density at radius 1 is 0.861 bits per heavy atom. The van der Waals surface area contributed by atoms with Gasteiger partial charge >= 0.3 is 5.69 Å². The molecule has 1 aliphatic heterocycles. The zero-order chi connectivity index (χ0) is 25.6. The Morgan fingerprint density at radius 3 is 1.97 bits per heavy atom. The lowest BCUT2D eigenvalue weighted by Crippen LogP contribution is -2.26. The molecule has 0 saturated heterocycles. The normalized spacial score (nSPS) is 12.8. The Kier molecular flexibility index (Phi) is 12.2. The summed E-state index contributed by atoms with van der Waals surface area (Å²) in [6, 6.07) is 9.53. The SMILES string of the molecule is CCCCCCCCCCCCCCCCSc1nc2n(c(=O)n1)CC(c1ccccc1)=C2C(N)=O. The lowest BCUT2D eigenvalue weighted by molar-refractivity contribution is -0.112. The number of hydrogen-bond donors (Lipinski definition) is 1. The van der Waals surface area contributed by atoms with E-state index in [9.17, 15) is 9.59 Å². The van der Waals surface area contributed by atoms with Crippen LogP contribution in [0.15, 0.2) is 40.3 Å². The average molecular weight is 511 g/mol. The number of aromatic nitrogens is 3. The fraction of sp³-hybridized carbons (Fsp3) is 0.586. The molecule has 0 spiro atoms. The van der Waals surface area contributed by atoms with Crippen molar-refractivity contribution in [3.63, 3.8) is 0 Å². The number of nitrogens with two attached hydrogens (primary N) is 1. The number of allylic oxidation sites excluding steroid dienone is 1. The van der Waals surface area contributed by atoms with E-state index >= 15 is 0 Å². The topological polar surface area (TPSA) is 90.9 Å². The molecule has 2 N–H and O–H groups in total. The van der Waals surface area contributed by atoms with E-state index < -0.39 is 5.91 Å². The highest BCUT2D eigenvalue weighted by Gasteiger charge is 2.29. The van der Waals surface area contributed by atoms with Crippen LogP contribution in [0, 0.1) is 0 Å². The third-order valence-electron chi connectivity index (χ3n) is 6.82. The molecule has 1 aromatic carbocycles. The summed E-state index contributed by atoms with van der Waals surface area (Å²) >= 11 is 1.49. The fourth-order valence-corrected chi connectivity index (χ4v) is 5.60. The molecule has 1 aromatic heterocycles. The van der Waals surface area contributed by atoms with Crippen molar-refractivity contribution in [1.29, 1.82) is 0 Å². The Labute approximate surface area is 220 Å². The number of unbranched alkanes of at least 4 members (excludes halogenated alkanes) is 13. The van der Waals surface area contributed by atoms with Gasteiger partial charge in [-0.05, 0) is 17.6 Å². The van der Waals surface area contributed by atoms with Crippen molar-refractivity contribution < 1.29 is 4.79 Å². The van der Waals surface area contributed by atoms with Gasteiger partial charge in [-0.25, -0.2) is 9.78 Å². The summed E-state index contributed by atoms with van der Waals surface area (Å²) in [5.74, 6) is 0.633. The van der Waals surface area contributed by atoms with E-state index in [4.69, 9.17) is 5.73 Å². The van der Waals surface area contributed by atoms with Crippen molar-refractivity contribution in [2.45, 2.75) is 109 Å². The number of carbonyl (C=O) groups is 1. The van der Waals surface area contributed by atoms with Crippen LogP contribution in [-0.4, -0.2) is 26.2 Å². The van der Waals surface area contributed by atoms with Gasteiger partial charge in [-0.2, -0.15) is 4.98 Å². The third-order valence-corrected chi connectivity index (χ3v) is 7.75. The number of nitrogens with zero attached hydrogens (tertiary/aromatic N) is 3. The Morgan fingerprint density at radius 2 is 1.42 bits per heavy atom. The molecule has 1 amide bonds. The molecule has 2 heterocycles. The summed E-state index contributed by atoms with van der Waals surface area (Å²) in [5, 5.41) is 0.425. The Bertz CT molecular complexity index is 1050. The molecule has 0 fully saturated rings. The number of hydrogen-bond acceptors (Lipinski definition) is 5. The van der Waals surface area contributed by atoms with Crippen molar-refractivity contribution in [3.05, 3.63) is 52.2 Å². The van der Waals surface area contributed by atoms with Crippen LogP contribution in [0.3, 0.4) is 0 Å². The third kappa shape index (κ3) is 8.61. The predicted octanol–water partition coefficient (Wildman–Crippen LogP) is 6.62. The van der Waals surface area contributed by atoms with Gasteiger partial charge in [-0.3, -0.25) is 9.36 Å². The lowest BCUT2D eigenvalue weighted by atomic mass is 10.0. The molecule has 36 heavy (non-hydrogen) atoms. The van der Waals surface area contributed by atoms with Gasteiger partial charge in [0.1, 0.15) is 0 Å². The van der Waals surface area contributed by atoms with Crippen molar-refractivity contribution in [2.75, 3.05) is 5.75 Å². The van der Waals surface area contributed by atoms with Crippen molar-refractivity contribution in [1.82, 2.24) is 14.5 Å². The van der Waals surface area contributed by atoms with Crippen LogP contribution in [0.1, 0.15) is 108 Å². The number of benzene rings is 1. The first-order valence-electron chi connectivity index (χ1n) is 13.8. The second-order valence-corrected chi connectivity index (χ2v) is 10.8. The minimum atomic E-state index is -0.568. The van der Waals surface area contributed by atoms with Crippen LogP contribution >= 0.6 is 11.8 Å². The Balaban J connectivity index is 1.36. The number of amides is 1. The zero-order valence-corrected chi connectivity index (χ0v) is 22.7. The molecule has 0 radical (unpaired) electrons. The molecule has 1 aliphatic rings. The van der Waals surface area contributed by atoms with Gasteiger partial charge in [-0.1, -0.05) is 132 Å². The highest BCUT2D eigenvalue weighted by atomic mass is 32.2. The quantitative estimate of drug-likeness (QED) is 0.180. The summed E-state index contributed by atoms with van der Waals surface area (Å²) in [7, 11) is 0. The first-order valence-corrected chi connectivity index (χ1v) is 14.8. The van der Waals surface area contributed by atoms with Crippen molar-refractivity contribution in [3.8, 4) is 0 Å². The molecule has 196 valence electrons. The molecule has 0 saturated carbocycles. The highest BCUT2D eigenvalue weighted by molar-refractivity contribution is 7.99. The molecular formula is C29H42N4O2S. The standard InChI is InChI=1S/C29H42N4O2S/c1-2-3-4-5-6-7-8-9-10-11-12-13-14-18-21-36-28-31-27-25(26(30)34)24(22-33(27)29(35)32-28)23-19-16-15-17-20-23/h15-17,19-20H,2-14,18,21-22H2,1H3,(H2,30,34). The highest BCUT2D eigenvalue weighted by Crippen LogP contribution is 2.32. The number of primary amides is 1. The van der Waals surface area contributed by atoms with Crippen molar-refractivity contribution in [2.24, 2.45) is 5.73 Å². The van der Waals surface area contributed by atoms with Gasteiger partial charge in [0, 0.05) is 5.75 Å². The van der Waals surface area contributed by atoms with E-state index in [0.29, 0.717) is 16.6 Å². The monoisotopic (exact) mass is 510 g/mol. The number of fused-ring (bicyclic) bond motifs is 1. The van der Waals surface area contributed by atoms with Gasteiger partial charge in [0.15, 0.2) is 11.0 Å². The van der Waals surface area contributed by atoms with E-state index in [1.807, 2.05) is 30.3 Å². The number of carbonyl (C=O) groups excluding carboxylic acids is 1. The lowest BCUT2D eigenvalue weighted by Gasteiger charge is -2.06. The molecule has 3 rings (SSSR count). The second-order valence-electron chi connectivity index (χ2n) is 9.73. The number of thioether (sulfide) groups is 1. The average Bonchev–Trinajstić information content (AvgIpc) is 3.27. The summed E-state index contributed by atoms with van der Waals surface area (Å²) in [5.41, 5.74) is 7.23. The van der Waals surface area contributed by atoms with Crippen LogP contribution in [-0.2, 0) is 11.3 Å². The minimum absolute atomic E-state index is 0.264. The molecular weight excluding hydrogens is 468 g/mol. The van der Waals surface area contributed by atoms with Crippen LogP contribution in [0.25, 0.3) is 11.1 Å². The van der Waals surface area contributed by atoms with Crippen molar-refractivity contribution >= 4 is 28.8 Å². The predicted molar refractivity (Wildman–Crippen MR) is 150 cm³/mol. The maximum absolute atomic E-state index is 12.7. The molecule has 2 aromatic rings. The molecule has 0 aliphatic carbocycles. The van der Waals surface area contributed by atoms with Gasteiger partial charge in [0.25, 0.3) is 5.91 Å².